The van der Waals surface area contributed by atoms with E-state index in [2.05, 4.69) is 10.2 Å². The van der Waals surface area contributed by atoms with Crippen molar-refractivity contribution in [3.8, 4) is 11.1 Å². The molecule has 0 heterocycles. The number of alkyl carbamates (subject to hydrolysis) is 1. The molecule has 8 nitrogen and oxygen atoms in total. The Hall–Kier alpha value is -3.39. The average Bonchev–Trinajstić information content (AvgIpc) is 3.05. The van der Waals surface area contributed by atoms with Gasteiger partial charge < -0.3 is 15.2 Å². The van der Waals surface area contributed by atoms with Gasteiger partial charge >= 0.3 is 12.1 Å². The topological polar surface area (TPSA) is 114 Å². The minimum atomic E-state index is -1.22. The summed E-state index contributed by atoms with van der Waals surface area (Å²) in [5.41, 5.74) is 6.48. The first-order chi connectivity index (χ1) is 14.5. The molecule has 1 atom stereocenters. The van der Waals surface area contributed by atoms with Crippen molar-refractivity contribution >= 4 is 18.0 Å². The standard InChI is InChI=1S/C22H24N2O6/c1-2-7-19(21(27)24-30-13-20(25)26)23-22(28)29-12-18-16-10-5-3-8-14(16)15-9-4-6-11-17(15)18/h3-6,8-11,18-19H,2,7,12-13H2,1H3,(H,23,28)(H,24,27)(H,25,26)/t19-/m0/s1. The van der Waals surface area contributed by atoms with Gasteiger partial charge in [-0.15, -0.1) is 0 Å². The second-order valence-corrected chi connectivity index (χ2v) is 6.96. The normalized spacial score (nSPS) is 13.1. The molecule has 30 heavy (non-hydrogen) atoms. The molecule has 0 spiro atoms. The number of rotatable bonds is 9. The van der Waals surface area contributed by atoms with E-state index in [-0.39, 0.29) is 12.5 Å². The number of nitrogens with one attached hydrogen (secondary N) is 2. The number of benzene rings is 2. The smallest absolute Gasteiger partial charge is 0.407 e. The lowest BCUT2D eigenvalue weighted by molar-refractivity contribution is -0.150. The molecule has 0 bridgehead atoms. The van der Waals surface area contributed by atoms with Gasteiger partial charge in [0, 0.05) is 5.92 Å². The van der Waals surface area contributed by atoms with Gasteiger partial charge in [0.1, 0.15) is 12.6 Å². The molecule has 3 N–H and O–H groups in total. The van der Waals surface area contributed by atoms with Crippen molar-refractivity contribution in [3.05, 3.63) is 59.7 Å². The number of carboxylic acid groups (broad SMARTS) is 1. The highest BCUT2D eigenvalue weighted by Crippen LogP contribution is 2.44. The fraction of sp³-hybridized carbons (Fsp3) is 0.318. The van der Waals surface area contributed by atoms with Crippen molar-refractivity contribution in [2.75, 3.05) is 13.2 Å². The summed E-state index contributed by atoms with van der Waals surface area (Å²) in [6.07, 6.45) is 0.260. The van der Waals surface area contributed by atoms with E-state index in [1.165, 1.54) is 0 Å². The molecule has 0 aromatic heterocycles. The minimum Gasteiger partial charge on any atom is -0.479 e. The van der Waals surface area contributed by atoms with Crippen LogP contribution in [0, 0.1) is 0 Å². The van der Waals surface area contributed by atoms with Gasteiger partial charge in [0.15, 0.2) is 6.61 Å². The summed E-state index contributed by atoms with van der Waals surface area (Å²) >= 11 is 0. The first-order valence-electron chi connectivity index (χ1n) is 9.76. The minimum absolute atomic E-state index is 0.0829. The van der Waals surface area contributed by atoms with E-state index in [4.69, 9.17) is 9.84 Å². The number of carboxylic acids is 1. The van der Waals surface area contributed by atoms with Gasteiger partial charge in [0.2, 0.25) is 0 Å². The van der Waals surface area contributed by atoms with Gasteiger partial charge in [-0.2, -0.15) is 0 Å². The second-order valence-electron chi connectivity index (χ2n) is 6.96. The molecule has 0 radical (unpaired) electrons. The molecular formula is C22H24N2O6. The van der Waals surface area contributed by atoms with E-state index in [1.807, 2.05) is 60.9 Å². The Kier molecular flexibility index (Phi) is 7.03. The van der Waals surface area contributed by atoms with Gasteiger partial charge in [0.05, 0.1) is 0 Å². The van der Waals surface area contributed by atoms with Gasteiger partial charge in [-0.1, -0.05) is 61.9 Å². The van der Waals surface area contributed by atoms with E-state index < -0.39 is 30.6 Å². The lowest BCUT2D eigenvalue weighted by atomic mass is 9.98. The summed E-state index contributed by atoms with van der Waals surface area (Å²) in [5, 5.41) is 11.1. The molecule has 0 saturated heterocycles. The molecule has 8 heteroatoms. The van der Waals surface area contributed by atoms with E-state index in [1.54, 1.807) is 0 Å². The number of ether oxygens (including phenoxy) is 1. The Morgan fingerprint density at radius 3 is 2.20 bits per heavy atom. The van der Waals surface area contributed by atoms with Crippen LogP contribution in [0.5, 0.6) is 0 Å². The van der Waals surface area contributed by atoms with Gasteiger partial charge in [-0.3, -0.25) is 9.63 Å². The van der Waals surface area contributed by atoms with Crippen molar-refractivity contribution in [3.63, 3.8) is 0 Å². The first kappa shape index (κ1) is 21.3. The molecule has 0 unspecified atom stereocenters. The van der Waals surface area contributed by atoms with Crippen LogP contribution in [0.3, 0.4) is 0 Å². The van der Waals surface area contributed by atoms with Crippen molar-refractivity contribution in [1.29, 1.82) is 0 Å². The van der Waals surface area contributed by atoms with Crippen molar-refractivity contribution in [1.82, 2.24) is 10.8 Å². The van der Waals surface area contributed by atoms with Gasteiger partial charge in [-0.25, -0.2) is 15.1 Å². The molecule has 3 rings (SSSR count). The lowest BCUT2D eigenvalue weighted by Crippen LogP contribution is -2.47. The highest BCUT2D eigenvalue weighted by molar-refractivity contribution is 5.85. The highest BCUT2D eigenvalue weighted by atomic mass is 16.7. The molecular weight excluding hydrogens is 388 g/mol. The van der Waals surface area contributed by atoms with Crippen LogP contribution < -0.4 is 10.8 Å². The van der Waals surface area contributed by atoms with Crippen LogP contribution in [0.4, 0.5) is 4.79 Å². The van der Waals surface area contributed by atoms with E-state index >= 15 is 0 Å². The van der Waals surface area contributed by atoms with Crippen LogP contribution in [0.2, 0.25) is 0 Å². The van der Waals surface area contributed by atoms with Crippen LogP contribution in [0.25, 0.3) is 11.1 Å². The maximum Gasteiger partial charge on any atom is 0.407 e. The summed E-state index contributed by atoms with van der Waals surface area (Å²) < 4.78 is 5.44. The molecule has 0 aliphatic heterocycles. The van der Waals surface area contributed by atoms with E-state index in [0.717, 1.165) is 22.3 Å². The fourth-order valence-electron chi connectivity index (χ4n) is 3.58. The van der Waals surface area contributed by atoms with Crippen LogP contribution >= 0.6 is 0 Å². The molecule has 0 fully saturated rings. The molecule has 2 aromatic rings. The second kappa shape index (κ2) is 9.89. The third-order valence-corrected chi connectivity index (χ3v) is 4.90. The lowest BCUT2D eigenvalue weighted by Gasteiger charge is -2.19. The molecule has 1 aliphatic rings. The summed E-state index contributed by atoms with van der Waals surface area (Å²) in [7, 11) is 0. The largest absolute Gasteiger partial charge is 0.479 e. The van der Waals surface area contributed by atoms with Gasteiger partial charge in [-0.05, 0) is 28.7 Å². The first-order valence-corrected chi connectivity index (χ1v) is 9.76. The fourth-order valence-corrected chi connectivity index (χ4v) is 3.58. The number of fused-ring (bicyclic) bond motifs is 3. The third-order valence-electron chi connectivity index (χ3n) is 4.90. The number of hydrogen-bond donors (Lipinski definition) is 3. The van der Waals surface area contributed by atoms with Crippen LogP contribution in [-0.4, -0.2) is 42.3 Å². The molecule has 0 saturated carbocycles. The third kappa shape index (κ3) is 4.96. The quantitative estimate of drug-likeness (QED) is 0.546. The molecule has 2 aromatic carbocycles. The number of carbonyl (C=O) groups is 3. The summed E-state index contributed by atoms with van der Waals surface area (Å²) in [6.45, 7) is 1.32. The van der Waals surface area contributed by atoms with Crippen LogP contribution in [0.1, 0.15) is 36.8 Å². The van der Waals surface area contributed by atoms with Crippen LogP contribution in [-0.2, 0) is 19.2 Å². The Labute approximate surface area is 174 Å². The number of aliphatic carboxylic acids is 1. The molecule has 1 aliphatic carbocycles. The van der Waals surface area contributed by atoms with Gasteiger partial charge in [0.25, 0.3) is 5.91 Å². The molecule has 2 amide bonds. The monoisotopic (exact) mass is 412 g/mol. The number of carbonyl (C=O) groups excluding carboxylic acids is 2. The summed E-state index contributed by atoms with van der Waals surface area (Å²) in [5.74, 6) is -1.93. The zero-order valence-electron chi connectivity index (χ0n) is 16.6. The summed E-state index contributed by atoms with van der Waals surface area (Å²) in [4.78, 5) is 39.6. The van der Waals surface area contributed by atoms with E-state index in [0.29, 0.717) is 12.8 Å². The average molecular weight is 412 g/mol. The maximum absolute atomic E-state index is 12.3. The predicted octanol–water partition coefficient (Wildman–Crippen LogP) is 2.83. The van der Waals surface area contributed by atoms with Crippen molar-refractivity contribution in [2.24, 2.45) is 0 Å². The number of amides is 2. The summed E-state index contributed by atoms with van der Waals surface area (Å²) in [6, 6.07) is 15.1. The zero-order chi connectivity index (χ0) is 21.5. The highest BCUT2D eigenvalue weighted by Gasteiger charge is 2.29. The Balaban J connectivity index is 1.60. The Morgan fingerprint density at radius 1 is 1.03 bits per heavy atom. The van der Waals surface area contributed by atoms with Crippen LogP contribution in [0.15, 0.2) is 48.5 Å². The predicted molar refractivity (Wildman–Crippen MR) is 109 cm³/mol. The molecule has 158 valence electrons. The number of hydrogen-bond acceptors (Lipinski definition) is 5. The zero-order valence-corrected chi connectivity index (χ0v) is 16.6. The SMILES string of the molecule is CCC[C@H](NC(=O)OCC1c2ccccc2-c2ccccc21)C(=O)NOCC(=O)O. The van der Waals surface area contributed by atoms with E-state index in [9.17, 15) is 14.4 Å². The number of hydroxylamine groups is 1. The van der Waals surface area contributed by atoms with Crippen molar-refractivity contribution in [2.45, 2.75) is 31.7 Å². The Morgan fingerprint density at radius 2 is 1.63 bits per heavy atom. The van der Waals surface area contributed by atoms with Crippen molar-refractivity contribution < 1.29 is 29.1 Å². The maximum atomic E-state index is 12.3. The Bertz CT molecular complexity index is 884.